The first-order valence-electron chi connectivity index (χ1n) is 9.56. The second-order valence-corrected chi connectivity index (χ2v) is 6.90. The molecule has 3 aliphatic heterocycles. The Kier molecular flexibility index (Phi) is 5.45. The molecule has 0 spiro atoms. The number of hydrogen-bond donors (Lipinski definition) is 2. The van der Waals surface area contributed by atoms with Crippen LogP contribution in [0.4, 0.5) is 4.79 Å². The van der Waals surface area contributed by atoms with E-state index >= 15 is 0 Å². The van der Waals surface area contributed by atoms with Crippen LogP contribution in [0.25, 0.3) is 0 Å². The molecule has 142 valence electrons. The molecule has 2 amide bonds. The molecule has 1 aromatic rings. The highest BCUT2D eigenvalue weighted by Gasteiger charge is 2.26. The van der Waals surface area contributed by atoms with E-state index in [2.05, 4.69) is 21.6 Å². The number of fused-ring (bicyclic) bond motifs is 2. The van der Waals surface area contributed by atoms with Crippen molar-refractivity contribution >= 4 is 6.03 Å². The number of carbonyl (C=O) groups excluding carboxylic acids is 1. The zero-order chi connectivity index (χ0) is 17.8. The summed E-state index contributed by atoms with van der Waals surface area (Å²) >= 11 is 0. The van der Waals surface area contributed by atoms with Gasteiger partial charge in [0.1, 0.15) is 11.5 Å². The lowest BCUT2D eigenvalue weighted by molar-refractivity contribution is 0.0387. The third-order valence-electron chi connectivity index (χ3n) is 5.24. The SMILES string of the molecule is O=C(NCCc1c2c(cc3c1OCC3)OCC2)NCCN1CCOCC1. The first-order valence-corrected chi connectivity index (χ1v) is 9.56. The van der Waals surface area contributed by atoms with Gasteiger partial charge in [-0.25, -0.2) is 4.79 Å². The number of nitrogens with one attached hydrogen (secondary N) is 2. The minimum absolute atomic E-state index is 0.111. The third-order valence-corrected chi connectivity index (χ3v) is 5.24. The molecule has 0 aromatic heterocycles. The zero-order valence-corrected chi connectivity index (χ0v) is 15.1. The lowest BCUT2D eigenvalue weighted by Gasteiger charge is -2.26. The smallest absolute Gasteiger partial charge is 0.314 e. The van der Waals surface area contributed by atoms with Gasteiger partial charge in [0.2, 0.25) is 0 Å². The molecule has 1 fully saturated rings. The zero-order valence-electron chi connectivity index (χ0n) is 15.1. The molecule has 0 aliphatic carbocycles. The van der Waals surface area contributed by atoms with E-state index in [0.717, 1.165) is 76.8 Å². The van der Waals surface area contributed by atoms with Crippen LogP contribution >= 0.6 is 0 Å². The van der Waals surface area contributed by atoms with E-state index < -0.39 is 0 Å². The summed E-state index contributed by atoms with van der Waals surface area (Å²) in [4.78, 5) is 14.3. The minimum atomic E-state index is -0.111. The Morgan fingerprint density at radius 2 is 1.85 bits per heavy atom. The average molecular weight is 361 g/mol. The minimum Gasteiger partial charge on any atom is -0.493 e. The second-order valence-electron chi connectivity index (χ2n) is 6.90. The van der Waals surface area contributed by atoms with Crippen molar-refractivity contribution in [2.24, 2.45) is 0 Å². The Bertz CT molecular complexity index is 626. The number of rotatable bonds is 6. The van der Waals surface area contributed by atoms with Gasteiger partial charge in [-0.15, -0.1) is 0 Å². The molecule has 0 radical (unpaired) electrons. The van der Waals surface area contributed by atoms with Crippen LogP contribution < -0.4 is 20.1 Å². The number of nitrogens with zero attached hydrogens (tertiary/aromatic N) is 1. The molecule has 2 N–H and O–H groups in total. The summed E-state index contributed by atoms with van der Waals surface area (Å²) in [5.41, 5.74) is 3.69. The van der Waals surface area contributed by atoms with Gasteiger partial charge < -0.3 is 24.8 Å². The molecule has 0 atom stereocenters. The maximum atomic E-state index is 12.0. The molecule has 0 unspecified atom stereocenters. The normalized spacial score (nSPS) is 18.6. The van der Waals surface area contributed by atoms with Crippen molar-refractivity contribution in [1.82, 2.24) is 15.5 Å². The first-order chi connectivity index (χ1) is 12.8. The van der Waals surface area contributed by atoms with Gasteiger partial charge in [-0.1, -0.05) is 0 Å². The van der Waals surface area contributed by atoms with Crippen LogP contribution in [-0.4, -0.2) is 70.1 Å². The number of urea groups is 1. The molecule has 3 aliphatic rings. The maximum absolute atomic E-state index is 12.0. The standard InChI is InChI=1S/C19H27N3O4/c23-19(21-5-6-22-7-11-24-12-8-22)20-4-1-16-15-3-10-25-17(15)13-14-2-9-26-18(14)16/h13H,1-12H2,(H2,20,21,23). The Balaban J connectivity index is 1.24. The lowest BCUT2D eigenvalue weighted by atomic mass is 9.97. The Hall–Kier alpha value is -1.99. The highest BCUT2D eigenvalue weighted by Crippen LogP contribution is 2.40. The third kappa shape index (κ3) is 3.88. The summed E-state index contributed by atoms with van der Waals surface area (Å²) in [5, 5.41) is 5.89. The van der Waals surface area contributed by atoms with E-state index in [-0.39, 0.29) is 6.03 Å². The summed E-state index contributed by atoms with van der Waals surface area (Å²) in [5.74, 6) is 2.02. The molecular weight excluding hydrogens is 334 g/mol. The van der Waals surface area contributed by atoms with Crippen LogP contribution in [0.1, 0.15) is 16.7 Å². The molecule has 4 rings (SSSR count). The summed E-state index contributed by atoms with van der Waals surface area (Å²) in [6.45, 7) is 7.02. The van der Waals surface area contributed by atoms with E-state index in [0.29, 0.717) is 13.1 Å². The topological polar surface area (TPSA) is 72.1 Å². The van der Waals surface area contributed by atoms with Gasteiger partial charge in [0, 0.05) is 62.3 Å². The van der Waals surface area contributed by atoms with E-state index in [1.165, 1.54) is 16.7 Å². The molecule has 26 heavy (non-hydrogen) atoms. The monoisotopic (exact) mass is 361 g/mol. The van der Waals surface area contributed by atoms with Crippen molar-refractivity contribution in [2.75, 3.05) is 59.2 Å². The number of hydrogen-bond acceptors (Lipinski definition) is 5. The van der Waals surface area contributed by atoms with Crippen LogP contribution in [0.5, 0.6) is 11.5 Å². The number of ether oxygens (including phenoxy) is 3. The average Bonchev–Trinajstić information content (AvgIpc) is 3.31. The van der Waals surface area contributed by atoms with Gasteiger partial charge in [-0.2, -0.15) is 0 Å². The fourth-order valence-corrected chi connectivity index (χ4v) is 3.87. The van der Waals surface area contributed by atoms with Crippen LogP contribution in [-0.2, 0) is 24.0 Å². The summed E-state index contributed by atoms with van der Waals surface area (Å²) < 4.78 is 16.9. The first kappa shape index (κ1) is 17.4. The predicted molar refractivity (Wildman–Crippen MR) is 97.2 cm³/mol. The van der Waals surface area contributed by atoms with Crippen molar-refractivity contribution in [1.29, 1.82) is 0 Å². The Morgan fingerprint density at radius 1 is 1.04 bits per heavy atom. The summed E-state index contributed by atoms with van der Waals surface area (Å²) in [6, 6.07) is 2.01. The Morgan fingerprint density at radius 3 is 2.73 bits per heavy atom. The fraction of sp³-hybridized carbons (Fsp3) is 0.632. The van der Waals surface area contributed by atoms with Gasteiger partial charge in [-0.05, 0) is 12.5 Å². The van der Waals surface area contributed by atoms with Crippen molar-refractivity contribution in [3.63, 3.8) is 0 Å². The number of morpholine rings is 1. The van der Waals surface area contributed by atoms with Crippen molar-refractivity contribution in [2.45, 2.75) is 19.3 Å². The number of amides is 2. The molecule has 1 saturated heterocycles. The molecule has 0 saturated carbocycles. The van der Waals surface area contributed by atoms with Crippen LogP contribution in [0, 0.1) is 0 Å². The van der Waals surface area contributed by atoms with Crippen molar-refractivity contribution in [3.05, 3.63) is 22.8 Å². The maximum Gasteiger partial charge on any atom is 0.314 e. The van der Waals surface area contributed by atoms with Crippen molar-refractivity contribution in [3.8, 4) is 11.5 Å². The highest BCUT2D eigenvalue weighted by atomic mass is 16.5. The van der Waals surface area contributed by atoms with E-state index in [1.54, 1.807) is 0 Å². The highest BCUT2D eigenvalue weighted by molar-refractivity contribution is 5.73. The van der Waals surface area contributed by atoms with Gasteiger partial charge in [-0.3, -0.25) is 4.90 Å². The quantitative estimate of drug-likeness (QED) is 0.782. The molecule has 0 bridgehead atoms. The summed E-state index contributed by atoms with van der Waals surface area (Å²) in [6.07, 6.45) is 2.63. The summed E-state index contributed by atoms with van der Waals surface area (Å²) in [7, 11) is 0. The van der Waals surface area contributed by atoms with E-state index in [4.69, 9.17) is 14.2 Å². The van der Waals surface area contributed by atoms with Gasteiger partial charge in [0.15, 0.2) is 0 Å². The van der Waals surface area contributed by atoms with Crippen molar-refractivity contribution < 1.29 is 19.0 Å². The van der Waals surface area contributed by atoms with Gasteiger partial charge >= 0.3 is 6.03 Å². The molecule has 7 heteroatoms. The molecule has 1 aromatic carbocycles. The largest absolute Gasteiger partial charge is 0.493 e. The van der Waals surface area contributed by atoms with Gasteiger partial charge in [0.05, 0.1) is 26.4 Å². The molecule has 7 nitrogen and oxygen atoms in total. The fourth-order valence-electron chi connectivity index (χ4n) is 3.87. The lowest BCUT2D eigenvalue weighted by Crippen LogP contribution is -2.44. The Labute approximate surface area is 154 Å². The van der Waals surface area contributed by atoms with Crippen LogP contribution in [0.15, 0.2) is 6.07 Å². The molecule has 3 heterocycles. The predicted octanol–water partition coefficient (Wildman–Crippen LogP) is 0.730. The van der Waals surface area contributed by atoms with Crippen LogP contribution in [0.2, 0.25) is 0 Å². The second kappa shape index (κ2) is 8.14. The van der Waals surface area contributed by atoms with Gasteiger partial charge in [0.25, 0.3) is 0 Å². The van der Waals surface area contributed by atoms with E-state index in [1.807, 2.05) is 0 Å². The van der Waals surface area contributed by atoms with E-state index in [9.17, 15) is 4.79 Å². The molecular formula is C19H27N3O4. The number of benzene rings is 1. The van der Waals surface area contributed by atoms with Crippen LogP contribution in [0.3, 0.4) is 0 Å². The number of carbonyl (C=O) groups is 1.